The molecule has 0 radical (unpaired) electrons. The van der Waals surface area contributed by atoms with E-state index in [1.165, 1.54) is 0 Å². The normalized spacial score (nSPS) is 21.4. The quantitative estimate of drug-likeness (QED) is 0.755. The van der Waals surface area contributed by atoms with Crippen LogP contribution in [0.3, 0.4) is 0 Å². The summed E-state index contributed by atoms with van der Waals surface area (Å²) in [4.78, 5) is 10.6. The number of ether oxygens (including phenoxy) is 1. The van der Waals surface area contributed by atoms with Crippen LogP contribution in [0.4, 0.5) is 5.95 Å². The number of anilines is 1. The molecule has 0 bridgehead atoms. The molecule has 0 spiro atoms. The lowest BCUT2D eigenvalue weighted by Crippen LogP contribution is -2.57. The van der Waals surface area contributed by atoms with Crippen molar-refractivity contribution in [3.63, 3.8) is 0 Å². The molecule has 1 fully saturated rings. The van der Waals surface area contributed by atoms with Crippen LogP contribution in [-0.4, -0.2) is 34.3 Å². The number of aromatic nitrogens is 2. The Bertz CT molecular complexity index is 474. The third-order valence-electron chi connectivity index (χ3n) is 2.74. The summed E-state index contributed by atoms with van der Waals surface area (Å²) in [5.74, 6) is 0.596. The second-order valence-corrected chi connectivity index (χ2v) is 5.83. The van der Waals surface area contributed by atoms with Gasteiger partial charge >= 0.3 is 0 Å². The van der Waals surface area contributed by atoms with E-state index in [2.05, 4.69) is 42.6 Å². The fourth-order valence-electron chi connectivity index (χ4n) is 2.49. The fourth-order valence-corrected chi connectivity index (χ4v) is 2.49. The highest BCUT2D eigenvalue weighted by atomic mass is 16.5. The SMILES string of the molecule is CC1(C)CN(c2nccc(C#N)n2)CC(C)(C)O1. The monoisotopic (exact) mass is 246 g/mol. The minimum atomic E-state index is -0.256. The molecular weight excluding hydrogens is 228 g/mol. The zero-order chi connectivity index (χ0) is 13.4. The Morgan fingerprint density at radius 2 is 1.89 bits per heavy atom. The maximum atomic E-state index is 8.88. The predicted octanol–water partition coefficient (Wildman–Crippen LogP) is 1.74. The average molecular weight is 246 g/mol. The van der Waals surface area contributed by atoms with E-state index in [1.54, 1.807) is 12.3 Å². The number of morpholine rings is 1. The maximum Gasteiger partial charge on any atom is 0.226 e. The highest BCUT2D eigenvalue weighted by Crippen LogP contribution is 2.29. The number of nitriles is 1. The van der Waals surface area contributed by atoms with Gasteiger partial charge in [-0.25, -0.2) is 9.97 Å². The van der Waals surface area contributed by atoms with Crippen molar-refractivity contribution in [3.05, 3.63) is 18.0 Å². The van der Waals surface area contributed by atoms with Gasteiger partial charge in [0.2, 0.25) is 5.95 Å². The summed E-state index contributed by atoms with van der Waals surface area (Å²) in [5.41, 5.74) is -0.122. The Morgan fingerprint density at radius 1 is 1.28 bits per heavy atom. The van der Waals surface area contributed by atoms with Crippen molar-refractivity contribution in [3.8, 4) is 6.07 Å². The number of hydrogen-bond donors (Lipinski definition) is 0. The molecular formula is C13H18N4O. The van der Waals surface area contributed by atoms with E-state index in [9.17, 15) is 0 Å². The van der Waals surface area contributed by atoms with E-state index < -0.39 is 0 Å². The topological polar surface area (TPSA) is 62.0 Å². The van der Waals surface area contributed by atoms with Gasteiger partial charge in [0.15, 0.2) is 0 Å². The Hall–Kier alpha value is -1.67. The Kier molecular flexibility index (Phi) is 2.99. The molecule has 96 valence electrons. The third-order valence-corrected chi connectivity index (χ3v) is 2.74. The smallest absolute Gasteiger partial charge is 0.226 e. The lowest BCUT2D eigenvalue weighted by molar-refractivity contribution is -0.133. The molecule has 0 amide bonds. The minimum absolute atomic E-state index is 0.256. The van der Waals surface area contributed by atoms with Crippen molar-refractivity contribution < 1.29 is 4.74 Å². The molecule has 0 saturated carbocycles. The molecule has 5 nitrogen and oxygen atoms in total. The lowest BCUT2D eigenvalue weighted by Gasteiger charge is -2.47. The summed E-state index contributed by atoms with van der Waals surface area (Å²) < 4.78 is 6.01. The van der Waals surface area contributed by atoms with Crippen LogP contribution in [-0.2, 0) is 4.74 Å². The van der Waals surface area contributed by atoms with Crippen molar-refractivity contribution in [1.29, 1.82) is 5.26 Å². The van der Waals surface area contributed by atoms with E-state index in [-0.39, 0.29) is 11.2 Å². The molecule has 5 heteroatoms. The first-order valence-electron chi connectivity index (χ1n) is 6.00. The molecule has 1 aromatic rings. The highest BCUT2D eigenvalue weighted by molar-refractivity contribution is 5.35. The predicted molar refractivity (Wildman–Crippen MR) is 68.2 cm³/mol. The molecule has 2 rings (SSSR count). The molecule has 1 aliphatic rings. The van der Waals surface area contributed by atoms with Crippen molar-refractivity contribution in [2.45, 2.75) is 38.9 Å². The zero-order valence-corrected chi connectivity index (χ0v) is 11.3. The highest BCUT2D eigenvalue weighted by Gasteiger charge is 2.39. The summed E-state index contributed by atoms with van der Waals surface area (Å²) in [7, 11) is 0. The fraction of sp³-hybridized carbons (Fsp3) is 0.615. The molecule has 0 aliphatic carbocycles. The van der Waals surface area contributed by atoms with E-state index in [1.807, 2.05) is 6.07 Å². The first-order valence-corrected chi connectivity index (χ1v) is 6.00. The summed E-state index contributed by atoms with van der Waals surface area (Å²) in [5, 5.41) is 8.88. The third kappa shape index (κ3) is 2.77. The van der Waals surface area contributed by atoms with E-state index in [0.717, 1.165) is 0 Å². The molecule has 18 heavy (non-hydrogen) atoms. The van der Waals surface area contributed by atoms with Crippen LogP contribution >= 0.6 is 0 Å². The van der Waals surface area contributed by atoms with Gasteiger partial charge in [-0.2, -0.15) is 5.26 Å². The second kappa shape index (κ2) is 4.21. The molecule has 0 aromatic carbocycles. The van der Waals surface area contributed by atoms with Gasteiger partial charge in [-0.1, -0.05) is 0 Å². The van der Waals surface area contributed by atoms with Gasteiger partial charge in [0, 0.05) is 19.3 Å². The standard InChI is InChI=1S/C13H18N4O/c1-12(2)8-17(9-13(3,4)18-12)11-15-6-5-10(7-14)16-11/h5-6H,8-9H2,1-4H3. The molecule has 0 atom stereocenters. The van der Waals surface area contributed by atoms with Gasteiger partial charge in [-0.15, -0.1) is 0 Å². The summed E-state index contributed by atoms with van der Waals surface area (Å²) in [6.07, 6.45) is 1.62. The first-order chi connectivity index (χ1) is 8.31. The van der Waals surface area contributed by atoms with Crippen LogP contribution in [0.2, 0.25) is 0 Å². The Labute approximate surface area is 107 Å². The number of rotatable bonds is 1. The average Bonchev–Trinajstić information content (AvgIpc) is 2.25. The second-order valence-electron chi connectivity index (χ2n) is 5.83. The van der Waals surface area contributed by atoms with Gasteiger partial charge in [0.05, 0.1) is 11.2 Å². The molecule has 0 N–H and O–H groups in total. The molecule has 0 unspecified atom stereocenters. The minimum Gasteiger partial charge on any atom is -0.366 e. The number of hydrogen-bond acceptors (Lipinski definition) is 5. The van der Waals surface area contributed by atoms with E-state index in [0.29, 0.717) is 24.7 Å². The van der Waals surface area contributed by atoms with Gasteiger partial charge in [0.25, 0.3) is 0 Å². The van der Waals surface area contributed by atoms with Crippen molar-refractivity contribution in [1.82, 2.24) is 9.97 Å². The van der Waals surface area contributed by atoms with Gasteiger partial charge in [0.1, 0.15) is 11.8 Å². The van der Waals surface area contributed by atoms with Crippen LogP contribution in [0.15, 0.2) is 12.3 Å². The van der Waals surface area contributed by atoms with Crippen molar-refractivity contribution >= 4 is 5.95 Å². The van der Waals surface area contributed by atoms with E-state index >= 15 is 0 Å². The number of nitrogens with zero attached hydrogens (tertiary/aromatic N) is 4. The van der Waals surface area contributed by atoms with Crippen LogP contribution in [0.1, 0.15) is 33.4 Å². The lowest BCUT2D eigenvalue weighted by atomic mass is 9.99. The largest absolute Gasteiger partial charge is 0.366 e. The summed E-state index contributed by atoms with van der Waals surface area (Å²) in [6.45, 7) is 9.63. The summed E-state index contributed by atoms with van der Waals surface area (Å²) in [6, 6.07) is 3.65. The van der Waals surface area contributed by atoms with Crippen molar-refractivity contribution in [2.24, 2.45) is 0 Å². The van der Waals surface area contributed by atoms with Crippen LogP contribution in [0.5, 0.6) is 0 Å². The zero-order valence-electron chi connectivity index (χ0n) is 11.3. The molecule has 1 aliphatic heterocycles. The van der Waals surface area contributed by atoms with Crippen LogP contribution < -0.4 is 4.90 Å². The first kappa shape index (κ1) is 12.8. The van der Waals surface area contributed by atoms with Gasteiger partial charge < -0.3 is 9.64 Å². The van der Waals surface area contributed by atoms with E-state index in [4.69, 9.17) is 10.00 Å². The maximum absolute atomic E-state index is 8.88. The van der Waals surface area contributed by atoms with Crippen LogP contribution in [0.25, 0.3) is 0 Å². The molecule has 2 heterocycles. The Morgan fingerprint density at radius 3 is 2.44 bits per heavy atom. The summed E-state index contributed by atoms with van der Waals surface area (Å²) >= 11 is 0. The van der Waals surface area contributed by atoms with Gasteiger partial charge in [-0.05, 0) is 33.8 Å². The van der Waals surface area contributed by atoms with Gasteiger partial charge in [-0.3, -0.25) is 0 Å². The van der Waals surface area contributed by atoms with Crippen molar-refractivity contribution in [2.75, 3.05) is 18.0 Å². The van der Waals surface area contributed by atoms with Crippen LogP contribution in [0, 0.1) is 11.3 Å². The molecule has 1 aromatic heterocycles. The Balaban J connectivity index is 2.30. The molecule has 1 saturated heterocycles.